The predicted octanol–water partition coefficient (Wildman–Crippen LogP) is 4.65. The van der Waals surface area contributed by atoms with Gasteiger partial charge in [-0.2, -0.15) is 0 Å². The van der Waals surface area contributed by atoms with Crippen molar-refractivity contribution in [1.29, 1.82) is 0 Å². The number of benzene rings is 2. The molecule has 1 N–H and O–H groups in total. The van der Waals surface area contributed by atoms with Crippen molar-refractivity contribution in [2.24, 2.45) is 0 Å². The third kappa shape index (κ3) is 5.18. The molecule has 0 aliphatic heterocycles. The number of hydrogen-bond acceptors (Lipinski definition) is 2. The van der Waals surface area contributed by atoms with Crippen LogP contribution < -0.4 is 5.32 Å². The summed E-state index contributed by atoms with van der Waals surface area (Å²) in [4.78, 5) is 2.45. The average molecular weight is 368 g/mol. The number of nitrogens with one attached hydrogen (secondary N) is 1. The van der Waals surface area contributed by atoms with E-state index in [9.17, 15) is 4.39 Å². The van der Waals surface area contributed by atoms with Crippen LogP contribution in [0.25, 0.3) is 10.9 Å². The first-order valence-corrected chi connectivity index (χ1v) is 9.95. The zero-order valence-electron chi connectivity index (χ0n) is 16.4. The molecule has 1 aromatic heterocycles. The number of nitrogens with zero attached hydrogens (tertiary/aromatic N) is 2. The molecule has 0 aliphatic carbocycles. The van der Waals surface area contributed by atoms with Crippen LogP contribution in [-0.2, 0) is 13.1 Å². The third-order valence-corrected chi connectivity index (χ3v) is 5.18. The molecule has 2 aromatic carbocycles. The van der Waals surface area contributed by atoms with Crippen LogP contribution in [-0.4, -0.2) is 35.6 Å². The van der Waals surface area contributed by atoms with Gasteiger partial charge in [0.25, 0.3) is 0 Å². The highest BCUT2D eigenvalue weighted by atomic mass is 19.1. The van der Waals surface area contributed by atoms with Crippen LogP contribution >= 0.6 is 0 Å². The summed E-state index contributed by atoms with van der Waals surface area (Å²) in [5.41, 5.74) is 3.65. The topological polar surface area (TPSA) is 20.2 Å². The highest BCUT2D eigenvalue weighted by Gasteiger charge is 2.08. The van der Waals surface area contributed by atoms with E-state index in [1.807, 2.05) is 12.1 Å². The van der Waals surface area contributed by atoms with Crippen molar-refractivity contribution >= 4 is 10.9 Å². The molecule has 3 rings (SSSR count). The Kier molecular flexibility index (Phi) is 7.02. The molecule has 0 saturated carbocycles. The first-order chi connectivity index (χ1) is 13.2. The summed E-state index contributed by atoms with van der Waals surface area (Å²) >= 11 is 0. The Morgan fingerprint density at radius 1 is 1.00 bits per heavy atom. The van der Waals surface area contributed by atoms with Gasteiger partial charge < -0.3 is 14.8 Å². The minimum absolute atomic E-state index is 0.189. The summed E-state index contributed by atoms with van der Waals surface area (Å²) in [5.74, 6) is -0.189. The second kappa shape index (κ2) is 9.67. The molecule has 0 saturated heterocycles. The van der Waals surface area contributed by atoms with Crippen LogP contribution in [0.4, 0.5) is 4.39 Å². The van der Waals surface area contributed by atoms with Gasteiger partial charge in [-0.25, -0.2) is 4.39 Å². The Morgan fingerprint density at radius 3 is 2.48 bits per heavy atom. The monoisotopic (exact) mass is 367 g/mol. The molecule has 144 valence electrons. The Labute approximate surface area is 161 Å². The SMILES string of the molecule is CCN(CC)CCCNCc1cn(Cc2ccc(F)cc2)c2ccccc12. The number of para-hydroxylation sites is 1. The molecule has 3 nitrogen and oxygen atoms in total. The second-order valence-corrected chi connectivity index (χ2v) is 6.98. The van der Waals surface area contributed by atoms with Crippen LogP contribution in [0.1, 0.15) is 31.4 Å². The second-order valence-electron chi connectivity index (χ2n) is 6.98. The Hall–Kier alpha value is -2.17. The summed E-state index contributed by atoms with van der Waals surface area (Å²) in [7, 11) is 0. The molecular weight excluding hydrogens is 337 g/mol. The molecule has 0 bridgehead atoms. The largest absolute Gasteiger partial charge is 0.343 e. The Balaban J connectivity index is 1.64. The Morgan fingerprint density at radius 2 is 1.74 bits per heavy atom. The lowest BCUT2D eigenvalue weighted by molar-refractivity contribution is 0.298. The average Bonchev–Trinajstić information content (AvgIpc) is 3.04. The molecule has 0 unspecified atom stereocenters. The lowest BCUT2D eigenvalue weighted by Crippen LogP contribution is -2.27. The van der Waals surface area contributed by atoms with Crippen molar-refractivity contribution in [2.75, 3.05) is 26.2 Å². The van der Waals surface area contributed by atoms with Crippen LogP contribution in [0.2, 0.25) is 0 Å². The zero-order chi connectivity index (χ0) is 19.1. The van der Waals surface area contributed by atoms with Crippen molar-refractivity contribution < 1.29 is 4.39 Å². The van der Waals surface area contributed by atoms with E-state index in [0.29, 0.717) is 0 Å². The molecule has 0 fully saturated rings. The lowest BCUT2D eigenvalue weighted by atomic mass is 10.2. The van der Waals surface area contributed by atoms with E-state index in [-0.39, 0.29) is 5.82 Å². The molecule has 27 heavy (non-hydrogen) atoms. The highest BCUT2D eigenvalue weighted by molar-refractivity contribution is 5.84. The van der Waals surface area contributed by atoms with Crippen molar-refractivity contribution in [3.8, 4) is 0 Å². The van der Waals surface area contributed by atoms with Gasteiger partial charge in [-0.05, 0) is 61.9 Å². The summed E-state index contributed by atoms with van der Waals surface area (Å²) < 4.78 is 15.4. The van der Waals surface area contributed by atoms with E-state index in [4.69, 9.17) is 0 Å². The number of hydrogen-bond donors (Lipinski definition) is 1. The molecular formula is C23H30FN3. The minimum atomic E-state index is -0.189. The molecule has 1 heterocycles. The van der Waals surface area contributed by atoms with Gasteiger partial charge in [0.2, 0.25) is 0 Å². The van der Waals surface area contributed by atoms with Crippen LogP contribution in [0.15, 0.2) is 54.7 Å². The summed E-state index contributed by atoms with van der Waals surface area (Å²) in [6, 6.07) is 15.3. The van der Waals surface area contributed by atoms with Gasteiger partial charge in [0.15, 0.2) is 0 Å². The number of rotatable bonds is 10. The van der Waals surface area contributed by atoms with Crippen LogP contribution in [0, 0.1) is 5.82 Å². The lowest BCUT2D eigenvalue weighted by Gasteiger charge is -2.17. The van der Waals surface area contributed by atoms with E-state index in [2.05, 4.69) is 59.1 Å². The smallest absolute Gasteiger partial charge is 0.123 e. The van der Waals surface area contributed by atoms with Crippen molar-refractivity contribution in [3.63, 3.8) is 0 Å². The van der Waals surface area contributed by atoms with Gasteiger partial charge in [-0.1, -0.05) is 44.2 Å². The molecule has 0 aliphatic rings. The van der Waals surface area contributed by atoms with Gasteiger partial charge >= 0.3 is 0 Å². The van der Waals surface area contributed by atoms with Gasteiger partial charge in [0.1, 0.15) is 5.82 Å². The summed E-state index contributed by atoms with van der Waals surface area (Å²) in [5, 5.41) is 4.88. The van der Waals surface area contributed by atoms with Crippen LogP contribution in [0.5, 0.6) is 0 Å². The molecule has 0 radical (unpaired) electrons. The van der Waals surface area contributed by atoms with Gasteiger partial charge in [-0.3, -0.25) is 0 Å². The molecule has 3 aromatic rings. The normalized spacial score (nSPS) is 11.6. The maximum absolute atomic E-state index is 13.2. The minimum Gasteiger partial charge on any atom is -0.343 e. The maximum atomic E-state index is 13.2. The first-order valence-electron chi connectivity index (χ1n) is 9.95. The number of halogens is 1. The Bertz CT molecular complexity index is 834. The fraction of sp³-hybridized carbons (Fsp3) is 0.391. The van der Waals surface area contributed by atoms with Crippen molar-refractivity contribution in [1.82, 2.24) is 14.8 Å². The number of fused-ring (bicyclic) bond motifs is 1. The third-order valence-electron chi connectivity index (χ3n) is 5.18. The zero-order valence-corrected chi connectivity index (χ0v) is 16.4. The molecule has 0 amide bonds. The maximum Gasteiger partial charge on any atom is 0.123 e. The van der Waals surface area contributed by atoms with Gasteiger partial charge in [-0.15, -0.1) is 0 Å². The van der Waals surface area contributed by atoms with E-state index in [1.165, 1.54) is 28.6 Å². The summed E-state index contributed by atoms with van der Waals surface area (Å²) in [6.45, 7) is 10.5. The van der Waals surface area contributed by atoms with E-state index in [1.54, 1.807) is 0 Å². The van der Waals surface area contributed by atoms with Crippen LogP contribution in [0.3, 0.4) is 0 Å². The quantitative estimate of drug-likeness (QED) is 0.526. The molecule has 4 heteroatoms. The van der Waals surface area contributed by atoms with Crippen molar-refractivity contribution in [2.45, 2.75) is 33.4 Å². The standard InChI is InChI=1S/C23H30FN3/c1-3-26(4-2)15-7-14-25-16-20-18-27(23-9-6-5-8-22(20)23)17-19-10-12-21(24)13-11-19/h5-6,8-13,18,25H,3-4,7,14-17H2,1-2H3. The van der Waals surface area contributed by atoms with Crippen molar-refractivity contribution in [3.05, 3.63) is 71.7 Å². The molecule has 0 atom stereocenters. The fourth-order valence-corrected chi connectivity index (χ4v) is 3.57. The van der Waals surface area contributed by atoms with E-state index >= 15 is 0 Å². The predicted molar refractivity (Wildman–Crippen MR) is 112 cm³/mol. The van der Waals surface area contributed by atoms with E-state index < -0.39 is 0 Å². The highest BCUT2D eigenvalue weighted by Crippen LogP contribution is 2.22. The fourth-order valence-electron chi connectivity index (χ4n) is 3.57. The van der Waals surface area contributed by atoms with E-state index in [0.717, 1.165) is 51.3 Å². The van der Waals surface area contributed by atoms with Gasteiger partial charge in [0.05, 0.1) is 0 Å². The number of aromatic nitrogens is 1. The summed E-state index contributed by atoms with van der Waals surface area (Å²) in [6.07, 6.45) is 3.39. The first kappa shape index (κ1) is 19.6. The van der Waals surface area contributed by atoms with Gasteiger partial charge in [0, 0.05) is 30.2 Å². The molecule has 0 spiro atoms.